The molecule has 0 unspecified atom stereocenters. The first-order valence-electron chi connectivity index (χ1n) is 4.58. The Hall–Kier alpha value is -1.31. The summed E-state index contributed by atoms with van der Waals surface area (Å²) in [6.45, 7) is 2.51. The molecule has 13 heavy (non-hydrogen) atoms. The van der Waals surface area contributed by atoms with Crippen molar-refractivity contribution in [1.82, 2.24) is 5.32 Å². The Kier molecular flexibility index (Phi) is 4.03. The van der Waals surface area contributed by atoms with E-state index in [9.17, 15) is 4.79 Å². The lowest BCUT2D eigenvalue weighted by atomic mass is 10.1. The molecule has 0 aromatic rings. The normalized spacial score (nSPS) is 15.9. The molecular weight excluding hydrogens is 162 g/mol. The molecule has 0 aromatic carbocycles. The predicted molar refractivity (Wildman–Crippen MR) is 54.3 cm³/mol. The van der Waals surface area contributed by atoms with Gasteiger partial charge in [0, 0.05) is 6.54 Å². The average Bonchev–Trinajstić information content (AvgIpc) is 2.17. The van der Waals surface area contributed by atoms with Crippen LogP contribution >= 0.6 is 0 Å². The molecule has 0 aromatic heterocycles. The Morgan fingerprint density at radius 3 is 3.15 bits per heavy atom. The largest absolute Gasteiger partial charge is 0.349 e. The summed E-state index contributed by atoms with van der Waals surface area (Å²) in [5, 5.41) is 2.83. The van der Waals surface area contributed by atoms with Gasteiger partial charge in [-0.2, -0.15) is 0 Å². The molecule has 1 aliphatic rings. The number of carbonyl (C=O) groups excluding carboxylic acids is 1. The van der Waals surface area contributed by atoms with Crippen molar-refractivity contribution in [2.45, 2.75) is 19.8 Å². The van der Waals surface area contributed by atoms with E-state index >= 15 is 0 Å². The molecule has 0 radical (unpaired) electrons. The third-order valence-electron chi connectivity index (χ3n) is 1.91. The number of rotatable bonds is 3. The van der Waals surface area contributed by atoms with Crippen LogP contribution in [-0.4, -0.2) is 12.5 Å². The fourth-order valence-corrected chi connectivity index (χ4v) is 1.21. The van der Waals surface area contributed by atoms with Gasteiger partial charge in [-0.1, -0.05) is 29.9 Å². The first kappa shape index (κ1) is 9.78. The van der Waals surface area contributed by atoms with Crippen LogP contribution in [0.2, 0.25) is 0 Å². The predicted octanol–water partition coefficient (Wildman–Crippen LogP) is 1.96. The number of amides is 1. The van der Waals surface area contributed by atoms with Crippen molar-refractivity contribution in [3.63, 3.8) is 0 Å². The molecule has 0 aliphatic heterocycles. The van der Waals surface area contributed by atoms with Crippen molar-refractivity contribution < 1.29 is 4.79 Å². The van der Waals surface area contributed by atoms with E-state index in [2.05, 4.69) is 17.5 Å². The first-order chi connectivity index (χ1) is 6.33. The van der Waals surface area contributed by atoms with Crippen LogP contribution < -0.4 is 5.32 Å². The summed E-state index contributed by atoms with van der Waals surface area (Å²) < 4.78 is 0. The van der Waals surface area contributed by atoms with Gasteiger partial charge >= 0.3 is 0 Å². The minimum Gasteiger partial charge on any atom is -0.349 e. The Bertz CT molecular complexity index is 261. The molecule has 0 saturated carbocycles. The fourth-order valence-electron chi connectivity index (χ4n) is 1.21. The summed E-state index contributed by atoms with van der Waals surface area (Å²) in [6.07, 6.45) is 11.7. The van der Waals surface area contributed by atoms with Gasteiger partial charge in [0.2, 0.25) is 5.91 Å². The van der Waals surface area contributed by atoms with E-state index < -0.39 is 0 Å². The van der Waals surface area contributed by atoms with E-state index in [4.69, 9.17) is 0 Å². The van der Waals surface area contributed by atoms with Crippen molar-refractivity contribution in [2.24, 2.45) is 0 Å². The van der Waals surface area contributed by atoms with Crippen LogP contribution in [0, 0.1) is 0 Å². The maximum atomic E-state index is 11.0. The van der Waals surface area contributed by atoms with Crippen molar-refractivity contribution >= 4 is 5.91 Å². The van der Waals surface area contributed by atoms with Gasteiger partial charge in [0.1, 0.15) is 0 Å². The van der Waals surface area contributed by atoms with Crippen LogP contribution in [0.25, 0.3) is 0 Å². The monoisotopic (exact) mass is 177 g/mol. The molecule has 70 valence electrons. The third kappa shape index (κ3) is 3.74. The van der Waals surface area contributed by atoms with E-state index in [1.165, 1.54) is 5.57 Å². The summed E-state index contributed by atoms with van der Waals surface area (Å²) in [7, 11) is 0. The molecule has 0 saturated heterocycles. The maximum absolute atomic E-state index is 11.0. The lowest BCUT2D eigenvalue weighted by Gasteiger charge is -2.08. The summed E-state index contributed by atoms with van der Waals surface area (Å²) >= 11 is 0. The SMILES string of the molecule is C/C=C/C(=O)NCC1=CC=CCC1. The van der Waals surface area contributed by atoms with Gasteiger partial charge in [-0.05, 0) is 25.8 Å². The van der Waals surface area contributed by atoms with E-state index in [0.717, 1.165) is 12.8 Å². The number of nitrogens with one attached hydrogen (secondary N) is 1. The van der Waals surface area contributed by atoms with Crippen LogP contribution in [0.4, 0.5) is 0 Å². The number of carbonyl (C=O) groups is 1. The van der Waals surface area contributed by atoms with E-state index in [1.54, 1.807) is 12.2 Å². The third-order valence-corrected chi connectivity index (χ3v) is 1.91. The standard InChI is InChI=1S/C11H15NO/c1-2-6-11(13)12-9-10-7-4-3-5-8-10/h2-4,6-7H,5,8-9H2,1H3,(H,12,13)/b6-2+. The molecule has 2 heteroatoms. The molecule has 0 heterocycles. The van der Waals surface area contributed by atoms with Crippen molar-refractivity contribution in [2.75, 3.05) is 6.54 Å². The quantitative estimate of drug-likeness (QED) is 0.656. The molecule has 0 spiro atoms. The molecule has 0 fully saturated rings. The minimum atomic E-state index is -0.0158. The maximum Gasteiger partial charge on any atom is 0.243 e. The molecule has 0 atom stereocenters. The van der Waals surface area contributed by atoms with Gasteiger partial charge in [0.15, 0.2) is 0 Å². The Balaban J connectivity index is 2.29. The van der Waals surface area contributed by atoms with Crippen LogP contribution in [0.15, 0.2) is 36.0 Å². The first-order valence-corrected chi connectivity index (χ1v) is 4.58. The molecule has 2 nitrogen and oxygen atoms in total. The molecular formula is C11H15NO. The number of hydrogen-bond acceptors (Lipinski definition) is 1. The lowest BCUT2D eigenvalue weighted by molar-refractivity contribution is -0.116. The summed E-state index contributed by atoms with van der Waals surface area (Å²) in [6, 6.07) is 0. The second kappa shape index (κ2) is 5.36. The topological polar surface area (TPSA) is 29.1 Å². The van der Waals surface area contributed by atoms with Crippen molar-refractivity contribution in [1.29, 1.82) is 0 Å². The van der Waals surface area contributed by atoms with Crippen LogP contribution in [0.1, 0.15) is 19.8 Å². The number of allylic oxidation sites excluding steroid dienone is 4. The minimum absolute atomic E-state index is 0.0158. The summed E-state index contributed by atoms with van der Waals surface area (Å²) in [5.74, 6) is -0.0158. The second-order valence-corrected chi connectivity index (χ2v) is 3.01. The zero-order chi connectivity index (χ0) is 9.52. The number of hydrogen-bond donors (Lipinski definition) is 1. The Labute approximate surface area is 79.0 Å². The van der Waals surface area contributed by atoms with Crippen LogP contribution in [0.3, 0.4) is 0 Å². The van der Waals surface area contributed by atoms with Gasteiger partial charge in [0.05, 0.1) is 0 Å². The molecule has 0 bridgehead atoms. The van der Waals surface area contributed by atoms with Gasteiger partial charge in [-0.15, -0.1) is 0 Å². The Morgan fingerprint density at radius 1 is 1.69 bits per heavy atom. The highest BCUT2D eigenvalue weighted by atomic mass is 16.1. The smallest absolute Gasteiger partial charge is 0.243 e. The van der Waals surface area contributed by atoms with Gasteiger partial charge in [0.25, 0.3) is 0 Å². The highest BCUT2D eigenvalue weighted by Gasteiger charge is 2.00. The molecule has 1 rings (SSSR count). The fraction of sp³-hybridized carbons (Fsp3) is 0.364. The molecule has 1 N–H and O–H groups in total. The van der Waals surface area contributed by atoms with Gasteiger partial charge < -0.3 is 5.32 Å². The van der Waals surface area contributed by atoms with Crippen LogP contribution in [-0.2, 0) is 4.79 Å². The van der Waals surface area contributed by atoms with Crippen molar-refractivity contribution in [3.05, 3.63) is 36.0 Å². The van der Waals surface area contributed by atoms with Crippen molar-refractivity contribution in [3.8, 4) is 0 Å². The molecule has 1 amide bonds. The highest BCUT2D eigenvalue weighted by molar-refractivity contribution is 5.87. The van der Waals surface area contributed by atoms with Gasteiger partial charge in [-0.3, -0.25) is 4.79 Å². The summed E-state index contributed by atoms with van der Waals surface area (Å²) in [5.41, 5.74) is 1.29. The van der Waals surface area contributed by atoms with E-state index in [0.29, 0.717) is 6.54 Å². The zero-order valence-electron chi connectivity index (χ0n) is 7.92. The lowest BCUT2D eigenvalue weighted by Crippen LogP contribution is -2.23. The summed E-state index contributed by atoms with van der Waals surface area (Å²) in [4.78, 5) is 11.0. The van der Waals surface area contributed by atoms with Gasteiger partial charge in [-0.25, -0.2) is 0 Å². The Morgan fingerprint density at radius 2 is 2.54 bits per heavy atom. The van der Waals surface area contributed by atoms with E-state index in [1.807, 2.05) is 13.0 Å². The van der Waals surface area contributed by atoms with Crippen LogP contribution in [0.5, 0.6) is 0 Å². The second-order valence-electron chi connectivity index (χ2n) is 3.01. The van der Waals surface area contributed by atoms with E-state index in [-0.39, 0.29) is 5.91 Å². The molecule has 1 aliphatic carbocycles. The highest BCUT2D eigenvalue weighted by Crippen LogP contribution is 2.09. The average molecular weight is 177 g/mol. The zero-order valence-corrected chi connectivity index (χ0v) is 7.92.